The fourth-order valence-corrected chi connectivity index (χ4v) is 4.90. The lowest BCUT2D eigenvalue weighted by atomic mass is 9.97. The molecule has 3 heterocycles. The minimum Gasteiger partial charge on any atom is -0.384 e. The zero-order valence-corrected chi connectivity index (χ0v) is 18.6. The number of likely N-dealkylation sites (tertiary alicyclic amines) is 1. The second kappa shape index (κ2) is 8.04. The molecular weight excluding hydrogens is 445 g/mol. The van der Waals surface area contributed by atoms with Crippen LogP contribution in [0.3, 0.4) is 0 Å². The fourth-order valence-electron chi connectivity index (χ4n) is 4.06. The highest BCUT2D eigenvalue weighted by Crippen LogP contribution is 2.38. The third kappa shape index (κ3) is 4.44. The number of alkyl halides is 1. The van der Waals surface area contributed by atoms with Gasteiger partial charge < -0.3 is 9.74 Å². The summed E-state index contributed by atoms with van der Waals surface area (Å²) in [6, 6.07) is 4.31. The molecule has 4 rings (SSSR count). The van der Waals surface area contributed by atoms with Gasteiger partial charge in [0.05, 0.1) is 36.5 Å². The van der Waals surface area contributed by atoms with Crippen molar-refractivity contribution in [2.45, 2.75) is 38.1 Å². The number of aryl methyl sites for hydroxylation is 1. The molecule has 1 aromatic heterocycles. The highest BCUT2D eigenvalue weighted by atomic mass is 32.2. The van der Waals surface area contributed by atoms with E-state index in [0.29, 0.717) is 17.1 Å². The monoisotopic (exact) mass is 468 g/mol. The van der Waals surface area contributed by atoms with Gasteiger partial charge in [0, 0.05) is 18.3 Å². The minimum absolute atomic E-state index is 0.0745. The quantitative estimate of drug-likeness (QED) is 0.746. The Morgan fingerprint density at radius 2 is 1.97 bits per heavy atom. The molecule has 11 heteroatoms. The lowest BCUT2D eigenvalue weighted by molar-refractivity contribution is 0.0828. The average Bonchev–Trinajstić information content (AvgIpc) is 3.25. The van der Waals surface area contributed by atoms with E-state index in [9.17, 15) is 21.6 Å². The number of sulfonamides is 1. The van der Waals surface area contributed by atoms with E-state index >= 15 is 0 Å². The number of hydrogen-bond acceptors (Lipinski definition) is 6. The number of benzene rings is 1. The average molecular weight is 469 g/mol. The lowest BCUT2D eigenvalue weighted by Crippen LogP contribution is -2.47. The molecule has 2 aromatic rings. The van der Waals surface area contributed by atoms with Gasteiger partial charge in [-0.15, -0.1) is 0 Å². The van der Waals surface area contributed by atoms with E-state index in [-0.39, 0.29) is 30.6 Å². The van der Waals surface area contributed by atoms with Gasteiger partial charge in [-0.3, -0.25) is 4.98 Å². The van der Waals surface area contributed by atoms with E-state index < -0.39 is 39.5 Å². The number of halogens is 3. The van der Waals surface area contributed by atoms with Crippen LogP contribution < -0.4 is 4.72 Å². The number of oxime groups is 1. The summed E-state index contributed by atoms with van der Waals surface area (Å²) in [6.07, 6.45) is 2.01. The zero-order chi connectivity index (χ0) is 23.3. The van der Waals surface area contributed by atoms with Crippen LogP contribution in [0, 0.1) is 18.6 Å². The lowest BCUT2D eigenvalue weighted by Gasteiger charge is -2.20. The molecule has 0 spiro atoms. The van der Waals surface area contributed by atoms with Crippen LogP contribution in [0.5, 0.6) is 0 Å². The number of rotatable bonds is 4. The Kier molecular flexibility index (Phi) is 5.66. The van der Waals surface area contributed by atoms with E-state index in [1.807, 2.05) is 0 Å². The van der Waals surface area contributed by atoms with E-state index in [1.165, 1.54) is 25.1 Å². The molecule has 0 bridgehead atoms. The smallest absolute Gasteiger partial charge is 0.209 e. The predicted octanol–water partition coefficient (Wildman–Crippen LogP) is 3.07. The Bertz CT molecular complexity index is 1170. The molecule has 172 valence electrons. The molecular formula is C21H23F3N4O3S. The van der Waals surface area contributed by atoms with Crippen LogP contribution in [0.1, 0.15) is 30.7 Å². The maximum atomic E-state index is 15.0. The summed E-state index contributed by atoms with van der Waals surface area (Å²) >= 11 is 0. The van der Waals surface area contributed by atoms with Gasteiger partial charge >= 0.3 is 0 Å². The van der Waals surface area contributed by atoms with E-state index in [2.05, 4.69) is 14.9 Å². The minimum atomic E-state index is -3.60. The molecule has 0 saturated carbocycles. The van der Waals surface area contributed by atoms with Crippen molar-refractivity contribution < 1.29 is 26.4 Å². The Labute approximate surface area is 184 Å². The first-order valence-corrected chi connectivity index (χ1v) is 11.9. The maximum Gasteiger partial charge on any atom is 0.209 e. The fraction of sp³-hybridized carbons (Fsp3) is 0.429. The van der Waals surface area contributed by atoms with E-state index in [1.54, 1.807) is 24.1 Å². The molecule has 1 saturated heterocycles. The summed E-state index contributed by atoms with van der Waals surface area (Å²) in [5.74, 6) is -1.03. The number of pyridine rings is 1. The third-order valence-corrected chi connectivity index (χ3v) is 6.31. The van der Waals surface area contributed by atoms with Gasteiger partial charge in [-0.1, -0.05) is 11.2 Å². The Morgan fingerprint density at radius 3 is 2.62 bits per heavy atom. The van der Waals surface area contributed by atoms with Gasteiger partial charge in [0.25, 0.3) is 0 Å². The molecule has 0 amide bonds. The van der Waals surface area contributed by atoms with Crippen molar-refractivity contribution in [3.05, 3.63) is 53.4 Å². The first kappa shape index (κ1) is 22.5. The van der Waals surface area contributed by atoms with Crippen LogP contribution in [0.4, 0.5) is 13.2 Å². The number of nitrogens with zero attached hydrogens (tertiary/aromatic N) is 3. The molecule has 1 N–H and O–H groups in total. The molecule has 7 nitrogen and oxygen atoms in total. The second-order valence-corrected chi connectivity index (χ2v) is 10.2. The molecule has 2 aliphatic heterocycles. The molecule has 2 aliphatic rings. The Balaban J connectivity index is 1.58. The standard InChI is InChI=1S/C21H23F3N4O3S/c1-12-7-13(19-14(22)5-4-6-15(19)23)20(25-9-12)16-8-18(26-31-16)28-10-17(21(2,24)11-28)27-32(3,29)30/h4-7,9,16-17,27H,8,10-11H2,1-3H3/t16-,17-,21+/m0/s1. The van der Waals surface area contributed by atoms with Crippen LogP contribution in [0.15, 0.2) is 35.6 Å². The van der Waals surface area contributed by atoms with Crippen LogP contribution >= 0.6 is 0 Å². The van der Waals surface area contributed by atoms with Crippen molar-refractivity contribution in [3.63, 3.8) is 0 Å². The van der Waals surface area contributed by atoms with Gasteiger partial charge in [0.15, 0.2) is 6.10 Å². The third-order valence-electron chi connectivity index (χ3n) is 5.60. The largest absolute Gasteiger partial charge is 0.384 e. The second-order valence-electron chi connectivity index (χ2n) is 8.45. The van der Waals surface area contributed by atoms with Crippen molar-refractivity contribution in [3.8, 4) is 11.1 Å². The van der Waals surface area contributed by atoms with Crippen LogP contribution in [0.25, 0.3) is 11.1 Å². The zero-order valence-electron chi connectivity index (χ0n) is 17.8. The molecule has 1 fully saturated rings. The van der Waals surface area contributed by atoms with Crippen molar-refractivity contribution in [1.29, 1.82) is 0 Å². The molecule has 1 aromatic carbocycles. The van der Waals surface area contributed by atoms with E-state index in [0.717, 1.165) is 6.26 Å². The molecule has 0 radical (unpaired) electrons. The van der Waals surface area contributed by atoms with E-state index in [4.69, 9.17) is 4.84 Å². The number of hydrogen-bond donors (Lipinski definition) is 1. The topological polar surface area (TPSA) is 83.9 Å². The van der Waals surface area contributed by atoms with Gasteiger partial charge in [-0.2, -0.15) is 0 Å². The highest BCUT2D eigenvalue weighted by Gasteiger charge is 2.47. The summed E-state index contributed by atoms with van der Waals surface area (Å²) in [6.45, 7) is 3.08. The highest BCUT2D eigenvalue weighted by molar-refractivity contribution is 7.88. The summed E-state index contributed by atoms with van der Waals surface area (Å²) in [7, 11) is -3.60. The van der Waals surface area contributed by atoms with Gasteiger partial charge in [-0.25, -0.2) is 26.3 Å². The maximum absolute atomic E-state index is 15.0. The Hall–Kier alpha value is -2.66. The predicted molar refractivity (Wildman–Crippen MR) is 113 cm³/mol. The van der Waals surface area contributed by atoms with Crippen molar-refractivity contribution in [2.24, 2.45) is 5.16 Å². The summed E-state index contributed by atoms with van der Waals surface area (Å²) in [5.41, 5.74) is -0.729. The Morgan fingerprint density at radius 1 is 1.28 bits per heavy atom. The van der Waals surface area contributed by atoms with Crippen molar-refractivity contribution >= 4 is 15.9 Å². The first-order valence-electron chi connectivity index (χ1n) is 9.99. The number of aromatic nitrogens is 1. The number of nitrogens with one attached hydrogen (secondary N) is 1. The molecule has 0 unspecified atom stereocenters. The number of amidine groups is 1. The van der Waals surface area contributed by atoms with Crippen molar-refractivity contribution in [1.82, 2.24) is 14.6 Å². The van der Waals surface area contributed by atoms with Gasteiger partial charge in [-0.05, 0) is 37.6 Å². The van der Waals surface area contributed by atoms with Gasteiger partial charge in [0.1, 0.15) is 23.1 Å². The van der Waals surface area contributed by atoms with Gasteiger partial charge in [0.2, 0.25) is 10.0 Å². The summed E-state index contributed by atoms with van der Waals surface area (Å²) in [5, 5.41) is 4.05. The molecule has 32 heavy (non-hydrogen) atoms. The van der Waals surface area contributed by atoms with Crippen molar-refractivity contribution in [2.75, 3.05) is 19.3 Å². The van der Waals surface area contributed by atoms with Crippen LogP contribution in [-0.2, 0) is 14.9 Å². The SMILES string of the molecule is Cc1cnc([C@@H]2CC(N3C[C@H](NS(C)(=O)=O)[C@](C)(F)C3)=NO2)c(-c2c(F)cccc2F)c1. The summed E-state index contributed by atoms with van der Waals surface area (Å²) in [4.78, 5) is 11.5. The molecule has 3 atom stereocenters. The first-order chi connectivity index (χ1) is 14.9. The normalized spacial score (nSPS) is 25.7. The van der Waals surface area contributed by atoms with Crippen LogP contribution in [0.2, 0.25) is 0 Å². The van der Waals surface area contributed by atoms with Crippen LogP contribution in [-0.4, -0.2) is 55.2 Å². The summed E-state index contributed by atoms with van der Waals surface area (Å²) < 4.78 is 69.4. The molecule has 0 aliphatic carbocycles.